The molecule has 0 aliphatic carbocycles. The summed E-state index contributed by atoms with van der Waals surface area (Å²) in [6, 6.07) is 16.6. The quantitative estimate of drug-likeness (QED) is 0.406. The van der Waals surface area contributed by atoms with Crippen molar-refractivity contribution in [2.45, 2.75) is 12.1 Å². The van der Waals surface area contributed by atoms with Gasteiger partial charge in [-0.15, -0.1) is 0 Å². The highest BCUT2D eigenvalue weighted by molar-refractivity contribution is 9.10. The number of nitrogens with one attached hydrogen (secondary N) is 1. The Morgan fingerprint density at radius 3 is 2.26 bits per heavy atom. The Bertz CT molecular complexity index is 1330. The van der Waals surface area contributed by atoms with Crippen molar-refractivity contribution >= 4 is 74.1 Å². The lowest BCUT2D eigenvalue weighted by atomic mass is 9.91. The lowest BCUT2D eigenvalue weighted by Crippen LogP contribution is -2.48. The molecule has 2 fully saturated rings. The summed E-state index contributed by atoms with van der Waals surface area (Å²) in [7, 11) is 0. The second kappa shape index (κ2) is 8.98. The van der Waals surface area contributed by atoms with Gasteiger partial charge in [-0.3, -0.25) is 19.4 Å². The molecule has 0 spiro atoms. The zero-order valence-electron chi connectivity index (χ0n) is 17.2. The Kier molecular flexibility index (Phi) is 6.16. The molecule has 2 aliphatic heterocycles. The van der Waals surface area contributed by atoms with Crippen molar-refractivity contribution in [3.63, 3.8) is 0 Å². The fraction of sp³-hybridized carbons (Fsp3) is 0.125. The topological polar surface area (TPSA) is 69.7 Å². The fourth-order valence-electron chi connectivity index (χ4n) is 4.38. The molecule has 3 aromatic carbocycles. The van der Waals surface area contributed by atoms with Crippen LogP contribution in [-0.4, -0.2) is 28.8 Å². The molecule has 10 heteroatoms. The molecule has 3 aromatic rings. The van der Waals surface area contributed by atoms with Crippen molar-refractivity contribution < 1.29 is 14.4 Å². The average molecular weight is 580 g/mol. The molecule has 5 rings (SSSR count). The van der Waals surface area contributed by atoms with E-state index in [9.17, 15) is 14.4 Å². The number of imide groups is 1. The summed E-state index contributed by atoms with van der Waals surface area (Å²) in [5.74, 6) is -2.31. The van der Waals surface area contributed by atoms with Crippen molar-refractivity contribution in [3.05, 3.63) is 97.4 Å². The standard InChI is InChI=1S/C24H15BrCl3N3O3/c25-14-3-1-2-13(10-14)22(32)31-21-19(20(29-31)12-4-6-15(26)7-5-12)23(33)30(24(21)34)18-9-8-16(27)11-17(18)28/h1-11,19-21,29H/t19-,20+,21+/m1/s1. The Balaban J connectivity index is 1.60. The van der Waals surface area contributed by atoms with E-state index in [4.69, 9.17) is 34.8 Å². The molecule has 6 nitrogen and oxygen atoms in total. The molecule has 0 aromatic heterocycles. The van der Waals surface area contributed by atoms with E-state index in [0.29, 0.717) is 25.6 Å². The van der Waals surface area contributed by atoms with E-state index in [1.807, 2.05) is 0 Å². The third kappa shape index (κ3) is 3.91. The van der Waals surface area contributed by atoms with E-state index in [2.05, 4.69) is 21.4 Å². The number of amides is 3. The van der Waals surface area contributed by atoms with Crippen LogP contribution in [0, 0.1) is 5.92 Å². The number of halogens is 4. The van der Waals surface area contributed by atoms with Crippen LogP contribution >= 0.6 is 50.7 Å². The Morgan fingerprint density at radius 1 is 0.882 bits per heavy atom. The molecule has 0 radical (unpaired) electrons. The predicted molar refractivity (Wildman–Crippen MR) is 134 cm³/mol. The van der Waals surface area contributed by atoms with Crippen LogP contribution < -0.4 is 10.3 Å². The largest absolute Gasteiger partial charge is 0.274 e. The zero-order chi connectivity index (χ0) is 24.1. The van der Waals surface area contributed by atoms with Gasteiger partial charge in [-0.1, -0.05) is 68.9 Å². The van der Waals surface area contributed by atoms with Gasteiger partial charge in [0.2, 0.25) is 5.91 Å². The number of fused-ring (bicyclic) bond motifs is 1. The summed E-state index contributed by atoms with van der Waals surface area (Å²) in [5, 5.41) is 2.31. The van der Waals surface area contributed by atoms with E-state index in [1.165, 1.54) is 17.1 Å². The van der Waals surface area contributed by atoms with Gasteiger partial charge >= 0.3 is 0 Å². The second-order valence-corrected chi connectivity index (χ2v) is 10.1. The highest BCUT2D eigenvalue weighted by atomic mass is 79.9. The Morgan fingerprint density at radius 2 is 1.59 bits per heavy atom. The Labute approximate surface area is 218 Å². The predicted octanol–water partition coefficient (Wildman–Crippen LogP) is 5.67. The number of nitrogens with zero attached hydrogens (tertiary/aromatic N) is 2. The molecule has 2 aliphatic rings. The van der Waals surface area contributed by atoms with Crippen LogP contribution in [0.4, 0.5) is 5.69 Å². The first kappa shape index (κ1) is 23.3. The molecule has 0 unspecified atom stereocenters. The van der Waals surface area contributed by atoms with E-state index in [1.54, 1.807) is 54.6 Å². The average Bonchev–Trinajstić information content (AvgIpc) is 3.31. The first-order chi connectivity index (χ1) is 16.3. The van der Waals surface area contributed by atoms with Crippen LogP contribution in [0.2, 0.25) is 15.1 Å². The maximum absolute atomic E-state index is 13.6. The molecular formula is C24H15BrCl3N3O3. The van der Waals surface area contributed by atoms with Crippen LogP contribution in [0.3, 0.4) is 0 Å². The molecule has 3 amide bonds. The first-order valence-corrected chi connectivity index (χ1v) is 12.1. The van der Waals surface area contributed by atoms with Crippen LogP contribution in [0.25, 0.3) is 0 Å². The third-order valence-electron chi connectivity index (χ3n) is 5.90. The van der Waals surface area contributed by atoms with Gasteiger partial charge in [0.1, 0.15) is 6.04 Å². The molecule has 34 heavy (non-hydrogen) atoms. The molecule has 172 valence electrons. The minimum absolute atomic E-state index is 0.162. The lowest BCUT2D eigenvalue weighted by molar-refractivity contribution is -0.123. The molecule has 0 bridgehead atoms. The van der Waals surface area contributed by atoms with Gasteiger partial charge in [-0.05, 0) is 54.1 Å². The summed E-state index contributed by atoms with van der Waals surface area (Å²) in [5.41, 5.74) is 4.41. The Hall–Kier alpha value is -2.42. The molecule has 0 saturated carbocycles. The molecule has 3 atom stereocenters. The summed E-state index contributed by atoms with van der Waals surface area (Å²) in [4.78, 5) is 41.8. The lowest BCUT2D eigenvalue weighted by Gasteiger charge is -2.25. The number of hydrogen-bond donors (Lipinski definition) is 1. The second-order valence-electron chi connectivity index (χ2n) is 7.92. The van der Waals surface area contributed by atoms with Gasteiger partial charge in [0.25, 0.3) is 11.8 Å². The van der Waals surface area contributed by atoms with E-state index in [0.717, 1.165) is 4.90 Å². The van der Waals surface area contributed by atoms with Crippen LogP contribution in [-0.2, 0) is 9.59 Å². The van der Waals surface area contributed by atoms with Crippen LogP contribution in [0.15, 0.2) is 71.2 Å². The minimum atomic E-state index is -1.06. The minimum Gasteiger partial charge on any atom is -0.274 e. The highest BCUT2D eigenvalue weighted by Gasteiger charge is 2.60. The van der Waals surface area contributed by atoms with Crippen molar-refractivity contribution in [3.8, 4) is 0 Å². The highest BCUT2D eigenvalue weighted by Crippen LogP contribution is 2.44. The van der Waals surface area contributed by atoms with E-state index in [-0.39, 0.29) is 10.7 Å². The summed E-state index contributed by atoms with van der Waals surface area (Å²) >= 11 is 21.7. The van der Waals surface area contributed by atoms with Gasteiger partial charge in [-0.25, -0.2) is 10.3 Å². The monoisotopic (exact) mass is 577 g/mol. The SMILES string of the molecule is O=C1[C@H]2[C@@H](C(=O)N1c1ccc(Cl)cc1Cl)N(C(=O)c1cccc(Br)c1)N[C@H]2c1ccc(Cl)cc1. The van der Waals surface area contributed by atoms with Crippen LogP contribution in [0.1, 0.15) is 22.0 Å². The number of carbonyl (C=O) groups excluding carboxylic acids is 3. The number of hydrazine groups is 1. The van der Waals surface area contributed by atoms with E-state index < -0.39 is 35.7 Å². The number of carbonyl (C=O) groups is 3. The van der Waals surface area contributed by atoms with Gasteiger partial charge in [0, 0.05) is 20.1 Å². The first-order valence-electron chi connectivity index (χ1n) is 10.2. The maximum Gasteiger partial charge on any atom is 0.268 e. The summed E-state index contributed by atoms with van der Waals surface area (Å²) in [6.45, 7) is 0. The normalized spacial score (nSPS) is 21.8. The van der Waals surface area contributed by atoms with Gasteiger partial charge in [-0.2, -0.15) is 0 Å². The number of hydrogen-bond acceptors (Lipinski definition) is 4. The van der Waals surface area contributed by atoms with E-state index >= 15 is 0 Å². The molecule has 1 N–H and O–H groups in total. The fourth-order valence-corrected chi connectivity index (χ4v) is 5.40. The number of rotatable bonds is 3. The molecule has 2 heterocycles. The molecular weight excluding hydrogens is 565 g/mol. The summed E-state index contributed by atoms with van der Waals surface area (Å²) in [6.07, 6.45) is 0. The third-order valence-corrected chi connectivity index (χ3v) is 7.19. The van der Waals surface area contributed by atoms with Crippen molar-refractivity contribution in [2.24, 2.45) is 5.92 Å². The van der Waals surface area contributed by atoms with Gasteiger partial charge < -0.3 is 0 Å². The van der Waals surface area contributed by atoms with Gasteiger partial charge in [0.05, 0.1) is 22.7 Å². The van der Waals surface area contributed by atoms with Crippen molar-refractivity contribution in [2.75, 3.05) is 4.90 Å². The zero-order valence-corrected chi connectivity index (χ0v) is 21.1. The number of anilines is 1. The smallest absolute Gasteiger partial charge is 0.268 e. The maximum atomic E-state index is 13.6. The van der Waals surface area contributed by atoms with Crippen molar-refractivity contribution in [1.82, 2.24) is 10.4 Å². The molecule has 2 saturated heterocycles. The summed E-state index contributed by atoms with van der Waals surface area (Å²) < 4.78 is 0.715. The van der Waals surface area contributed by atoms with Crippen molar-refractivity contribution in [1.29, 1.82) is 0 Å². The number of benzene rings is 3. The van der Waals surface area contributed by atoms with Crippen LogP contribution in [0.5, 0.6) is 0 Å². The van der Waals surface area contributed by atoms with Gasteiger partial charge in [0.15, 0.2) is 0 Å².